The van der Waals surface area contributed by atoms with Crippen molar-refractivity contribution in [2.45, 2.75) is 39.5 Å². The van der Waals surface area contributed by atoms with Crippen LogP contribution < -0.4 is 20.7 Å². The second-order valence-corrected chi connectivity index (χ2v) is 10.9. The maximum absolute atomic E-state index is 14.2. The van der Waals surface area contributed by atoms with Gasteiger partial charge in [0.2, 0.25) is 0 Å². The van der Waals surface area contributed by atoms with Gasteiger partial charge in [-0.25, -0.2) is 19.1 Å². The van der Waals surface area contributed by atoms with Crippen LogP contribution in [0.3, 0.4) is 0 Å². The molecule has 0 fully saturated rings. The van der Waals surface area contributed by atoms with Gasteiger partial charge in [-0.05, 0) is 80.4 Å². The van der Waals surface area contributed by atoms with Gasteiger partial charge in [0.1, 0.15) is 22.8 Å². The Morgan fingerprint density at radius 2 is 1.30 bits per heavy atom. The number of carbonyl (C=O) groups is 1. The molecule has 0 spiro atoms. The molecule has 0 bridgehead atoms. The Balaban J connectivity index is 1.81. The third-order valence-corrected chi connectivity index (χ3v) is 6.73. The van der Waals surface area contributed by atoms with Crippen molar-refractivity contribution in [3.8, 4) is 28.6 Å². The minimum atomic E-state index is -0.889. The highest BCUT2D eigenvalue weighted by atomic mass is 16.6. The number of rotatable bonds is 7. The van der Waals surface area contributed by atoms with Crippen molar-refractivity contribution in [3.05, 3.63) is 105 Å². The Morgan fingerprint density at radius 3 is 1.79 bits per heavy atom. The normalized spacial score (nSPS) is 11.5. The first kappa shape index (κ1) is 29.2. The van der Waals surface area contributed by atoms with Crippen molar-refractivity contribution in [1.82, 2.24) is 18.7 Å². The molecule has 2 heterocycles. The van der Waals surface area contributed by atoms with Crippen LogP contribution in [0.15, 0.2) is 82.4 Å². The number of aromatic nitrogens is 4. The first-order valence-corrected chi connectivity index (χ1v) is 13.5. The molecule has 0 aliphatic carbocycles. The molecule has 0 amide bonds. The van der Waals surface area contributed by atoms with Crippen molar-refractivity contribution >= 4 is 17.3 Å². The average molecular weight is 585 g/mol. The number of methoxy groups -OCH3 is 2. The first-order valence-electron chi connectivity index (χ1n) is 13.5. The number of phenols is 1. The van der Waals surface area contributed by atoms with Crippen LogP contribution in [0.1, 0.15) is 31.9 Å². The lowest BCUT2D eigenvalue weighted by atomic mass is 10.2. The van der Waals surface area contributed by atoms with Gasteiger partial charge >= 0.3 is 11.8 Å². The van der Waals surface area contributed by atoms with E-state index in [9.17, 15) is 19.5 Å². The summed E-state index contributed by atoms with van der Waals surface area (Å²) in [6, 6.07) is 20.2. The quantitative estimate of drug-likeness (QED) is 0.294. The topological polar surface area (TPSA) is 127 Å². The standard InChI is InChI=1S/C32H32N4O7/c1-32(2,3)43-31(40)36-26-28(33-27(36)22-10-12-23(37)13-11-22)34(18-20-6-14-24(41-4)15-7-20)30(39)35(29(26)38)19-21-8-16-25(42-5)17-9-21/h6-17,37H,18-19H2,1-5H3. The molecule has 2 aromatic heterocycles. The van der Waals surface area contributed by atoms with Crippen molar-refractivity contribution < 1.29 is 24.1 Å². The smallest absolute Gasteiger partial charge is 0.421 e. The number of carbonyl (C=O) groups excluding carboxylic acids is 1. The lowest BCUT2D eigenvalue weighted by Gasteiger charge is -2.20. The number of fused-ring (bicyclic) bond motifs is 1. The van der Waals surface area contributed by atoms with Crippen LogP contribution in [-0.4, -0.2) is 49.7 Å². The Hall–Kier alpha value is -5.32. The van der Waals surface area contributed by atoms with Crippen LogP contribution in [0.2, 0.25) is 0 Å². The molecule has 0 aliphatic rings. The number of nitrogens with zero attached hydrogens (tertiary/aromatic N) is 4. The molecule has 11 heteroatoms. The molecule has 11 nitrogen and oxygen atoms in total. The van der Waals surface area contributed by atoms with Crippen LogP contribution in [0, 0.1) is 0 Å². The van der Waals surface area contributed by atoms with E-state index in [1.807, 2.05) is 12.1 Å². The number of phenolic OH excluding ortho intramolecular Hbond substituents is 1. The van der Waals surface area contributed by atoms with E-state index in [1.165, 1.54) is 16.7 Å². The van der Waals surface area contributed by atoms with Crippen molar-refractivity contribution in [2.75, 3.05) is 14.2 Å². The van der Waals surface area contributed by atoms with E-state index in [4.69, 9.17) is 14.2 Å². The zero-order valence-corrected chi connectivity index (χ0v) is 24.5. The van der Waals surface area contributed by atoms with Crippen LogP contribution >= 0.6 is 0 Å². The van der Waals surface area contributed by atoms with Crippen LogP contribution in [0.5, 0.6) is 17.2 Å². The van der Waals surface area contributed by atoms with Crippen molar-refractivity contribution in [2.24, 2.45) is 0 Å². The zero-order chi connectivity index (χ0) is 30.9. The molecule has 0 radical (unpaired) electrons. The largest absolute Gasteiger partial charge is 0.508 e. The summed E-state index contributed by atoms with van der Waals surface area (Å²) in [4.78, 5) is 46.6. The summed E-state index contributed by atoms with van der Waals surface area (Å²) in [6.07, 6.45) is -0.833. The Kier molecular flexibility index (Phi) is 7.81. The molecule has 43 heavy (non-hydrogen) atoms. The fourth-order valence-corrected chi connectivity index (χ4v) is 4.64. The summed E-state index contributed by atoms with van der Waals surface area (Å²) >= 11 is 0. The van der Waals surface area contributed by atoms with E-state index in [0.29, 0.717) is 22.6 Å². The highest BCUT2D eigenvalue weighted by molar-refractivity contribution is 5.90. The first-order chi connectivity index (χ1) is 20.5. The zero-order valence-electron chi connectivity index (χ0n) is 24.5. The van der Waals surface area contributed by atoms with Gasteiger partial charge in [-0.1, -0.05) is 24.3 Å². The fraction of sp³-hybridized carbons (Fsp3) is 0.250. The summed E-state index contributed by atoms with van der Waals surface area (Å²) < 4.78 is 19.8. The molecule has 0 unspecified atom stereocenters. The predicted molar refractivity (Wildman–Crippen MR) is 161 cm³/mol. The molecular weight excluding hydrogens is 552 g/mol. The van der Waals surface area contributed by atoms with Gasteiger partial charge in [-0.2, -0.15) is 0 Å². The van der Waals surface area contributed by atoms with Crippen LogP contribution in [0.4, 0.5) is 4.79 Å². The van der Waals surface area contributed by atoms with E-state index in [2.05, 4.69) is 4.98 Å². The van der Waals surface area contributed by atoms with E-state index in [-0.39, 0.29) is 35.8 Å². The SMILES string of the molecule is COc1ccc(Cn2c(=O)c3c(nc(-c4ccc(O)cc4)n3C(=O)OC(C)(C)C)n(Cc3ccc(OC)cc3)c2=O)cc1. The molecule has 0 aliphatic heterocycles. The minimum Gasteiger partial charge on any atom is -0.508 e. The lowest BCUT2D eigenvalue weighted by molar-refractivity contribution is 0.0546. The maximum atomic E-state index is 14.2. The van der Waals surface area contributed by atoms with Crippen LogP contribution in [-0.2, 0) is 17.8 Å². The molecular formula is C32H32N4O7. The van der Waals surface area contributed by atoms with Gasteiger partial charge in [0.15, 0.2) is 17.0 Å². The second kappa shape index (κ2) is 11.5. The Labute approximate surface area is 247 Å². The summed E-state index contributed by atoms with van der Waals surface area (Å²) in [5.41, 5.74) is -0.427. The molecule has 0 saturated heterocycles. The number of imidazole rings is 1. The molecule has 3 aromatic carbocycles. The summed E-state index contributed by atoms with van der Waals surface area (Å²) in [5, 5.41) is 9.88. The van der Waals surface area contributed by atoms with Crippen LogP contribution in [0.25, 0.3) is 22.6 Å². The Morgan fingerprint density at radius 1 is 0.791 bits per heavy atom. The monoisotopic (exact) mass is 584 g/mol. The molecule has 222 valence electrons. The van der Waals surface area contributed by atoms with Gasteiger partial charge in [0, 0.05) is 5.56 Å². The molecule has 5 rings (SSSR count). The van der Waals surface area contributed by atoms with E-state index in [0.717, 1.165) is 14.7 Å². The molecule has 0 saturated carbocycles. The fourth-order valence-electron chi connectivity index (χ4n) is 4.64. The number of hydrogen-bond acceptors (Lipinski definition) is 8. The molecule has 1 N–H and O–H groups in total. The van der Waals surface area contributed by atoms with E-state index < -0.39 is 22.9 Å². The highest BCUT2D eigenvalue weighted by Crippen LogP contribution is 2.26. The third-order valence-electron chi connectivity index (χ3n) is 6.73. The van der Waals surface area contributed by atoms with Gasteiger partial charge < -0.3 is 19.3 Å². The summed E-state index contributed by atoms with van der Waals surface area (Å²) in [5.74, 6) is 1.38. The summed E-state index contributed by atoms with van der Waals surface area (Å²) in [7, 11) is 3.11. The second-order valence-electron chi connectivity index (χ2n) is 10.9. The van der Waals surface area contributed by atoms with Gasteiger partial charge in [0.05, 0.1) is 27.3 Å². The average Bonchev–Trinajstić information content (AvgIpc) is 3.39. The number of ether oxygens (including phenoxy) is 3. The predicted octanol–water partition coefficient (Wildman–Crippen LogP) is 4.63. The maximum Gasteiger partial charge on any atom is 0.421 e. The van der Waals surface area contributed by atoms with Crippen molar-refractivity contribution in [1.29, 1.82) is 0 Å². The highest BCUT2D eigenvalue weighted by Gasteiger charge is 2.29. The van der Waals surface area contributed by atoms with Gasteiger partial charge in [-0.15, -0.1) is 0 Å². The molecule has 5 aromatic rings. The number of aromatic hydroxyl groups is 1. The summed E-state index contributed by atoms with van der Waals surface area (Å²) in [6.45, 7) is 5.14. The minimum absolute atomic E-state index is 0.0157. The van der Waals surface area contributed by atoms with Gasteiger partial charge in [-0.3, -0.25) is 13.9 Å². The number of benzene rings is 3. The van der Waals surface area contributed by atoms with Gasteiger partial charge in [0.25, 0.3) is 5.56 Å². The van der Waals surface area contributed by atoms with E-state index >= 15 is 0 Å². The third kappa shape index (κ3) is 6.01. The lowest BCUT2D eigenvalue weighted by Crippen LogP contribution is -2.41. The Bertz CT molecular complexity index is 1890. The molecule has 0 atom stereocenters. The van der Waals surface area contributed by atoms with Crippen molar-refractivity contribution in [3.63, 3.8) is 0 Å². The van der Waals surface area contributed by atoms with E-state index in [1.54, 1.807) is 83.5 Å². The number of hydrogen-bond donors (Lipinski definition) is 1.